The van der Waals surface area contributed by atoms with Crippen LogP contribution in [0.5, 0.6) is 0 Å². The van der Waals surface area contributed by atoms with Crippen molar-refractivity contribution < 1.29 is 0 Å². The van der Waals surface area contributed by atoms with E-state index < -0.39 is 0 Å². The minimum absolute atomic E-state index is 0.835. The van der Waals surface area contributed by atoms with Gasteiger partial charge in [-0.15, -0.1) is 0 Å². The number of fused-ring (bicyclic) bond motifs is 2. The second kappa shape index (κ2) is 10.4. The summed E-state index contributed by atoms with van der Waals surface area (Å²) < 4.78 is 0. The third-order valence-electron chi connectivity index (χ3n) is 6.94. The smallest absolute Gasteiger partial charge is 0.140 e. The van der Waals surface area contributed by atoms with E-state index in [-0.39, 0.29) is 0 Å². The Morgan fingerprint density at radius 1 is 1.00 bits per heavy atom. The van der Waals surface area contributed by atoms with Crippen molar-refractivity contribution in [1.29, 1.82) is 0 Å². The number of nitrogens with zero attached hydrogens (tertiary/aromatic N) is 6. The first-order valence-electron chi connectivity index (χ1n) is 12.5. The van der Waals surface area contributed by atoms with E-state index in [0.29, 0.717) is 0 Å². The topological polar surface area (TPSA) is 70.1 Å². The molecule has 0 unspecified atom stereocenters. The molecule has 1 N–H and O–H groups in total. The number of aromatic nitrogens is 4. The van der Waals surface area contributed by atoms with Crippen LogP contribution in [-0.4, -0.2) is 57.6 Å². The van der Waals surface area contributed by atoms with Gasteiger partial charge >= 0.3 is 0 Å². The Hall–Kier alpha value is -3.58. The molecular weight excluding hydrogens is 434 g/mol. The van der Waals surface area contributed by atoms with Crippen LogP contribution in [0.2, 0.25) is 0 Å². The molecule has 0 amide bonds. The van der Waals surface area contributed by atoms with Crippen molar-refractivity contribution in [2.75, 3.05) is 42.9 Å². The Kier molecular flexibility index (Phi) is 6.86. The number of likely N-dealkylation sites (N-methyl/N-ethyl adjacent to an activating group) is 1. The number of hydrogen-bond donors (Lipinski definition) is 1. The van der Waals surface area contributed by atoms with Crippen molar-refractivity contribution in [1.82, 2.24) is 24.8 Å². The van der Waals surface area contributed by atoms with Crippen LogP contribution in [0, 0.1) is 6.92 Å². The quantitative estimate of drug-likeness (QED) is 0.402. The van der Waals surface area contributed by atoms with Crippen molar-refractivity contribution in [2.45, 2.75) is 33.7 Å². The van der Waals surface area contributed by atoms with Crippen LogP contribution >= 0.6 is 0 Å². The molecule has 0 aliphatic carbocycles. The summed E-state index contributed by atoms with van der Waals surface area (Å²) in [6.45, 7) is 12.5. The molecule has 0 spiro atoms. The normalized spacial score (nSPS) is 13.3. The highest BCUT2D eigenvalue weighted by Gasteiger charge is 2.21. The maximum absolute atomic E-state index is 4.75. The van der Waals surface area contributed by atoms with Gasteiger partial charge in [-0.2, -0.15) is 0 Å². The molecule has 0 radical (unpaired) electrons. The minimum Gasteiger partial charge on any atom is -0.384 e. The zero-order valence-corrected chi connectivity index (χ0v) is 20.8. The molecule has 7 nitrogen and oxygen atoms in total. The highest BCUT2D eigenvalue weighted by Crippen LogP contribution is 2.33. The van der Waals surface area contributed by atoms with Crippen molar-refractivity contribution in [3.8, 4) is 11.3 Å². The van der Waals surface area contributed by atoms with Crippen molar-refractivity contribution in [2.24, 2.45) is 0 Å². The Balaban J connectivity index is 1.41. The monoisotopic (exact) mass is 467 g/mol. The Bertz CT molecular complexity index is 1300. The van der Waals surface area contributed by atoms with Crippen LogP contribution in [0.15, 0.2) is 55.2 Å². The molecule has 7 heteroatoms. The van der Waals surface area contributed by atoms with E-state index in [1.54, 1.807) is 24.9 Å². The fourth-order valence-electron chi connectivity index (χ4n) is 4.93. The molecule has 180 valence electrons. The molecule has 1 aliphatic rings. The maximum Gasteiger partial charge on any atom is 0.140 e. The first-order chi connectivity index (χ1) is 17.2. The molecule has 2 aromatic carbocycles. The van der Waals surface area contributed by atoms with Gasteiger partial charge in [-0.1, -0.05) is 19.9 Å². The highest BCUT2D eigenvalue weighted by molar-refractivity contribution is 5.94. The van der Waals surface area contributed by atoms with Gasteiger partial charge < -0.3 is 15.1 Å². The summed E-state index contributed by atoms with van der Waals surface area (Å²) in [6.07, 6.45) is 7.92. The van der Waals surface area contributed by atoms with Crippen molar-refractivity contribution in [3.63, 3.8) is 0 Å². The van der Waals surface area contributed by atoms with Gasteiger partial charge in [-0.25, -0.2) is 9.97 Å². The zero-order valence-electron chi connectivity index (χ0n) is 20.8. The Morgan fingerprint density at radius 3 is 2.69 bits per heavy atom. The summed E-state index contributed by atoms with van der Waals surface area (Å²) in [4.78, 5) is 22.9. The molecule has 1 aliphatic heterocycles. The molecule has 0 atom stereocenters. The number of rotatable bonds is 8. The number of nitrogens with one attached hydrogen (secondary N) is 1. The zero-order chi connectivity index (χ0) is 24.2. The molecule has 4 aromatic rings. The second-order valence-corrected chi connectivity index (χ2v) is 9.09. The average Bonchev–Trinajstić information content (AvgIpc) is 2.91. The maximum atomic E-state index is 4.75. The summed E-state index contributed by atoms with van der Waals surface area (Å²) in [5, 5.41) is 4.67. The van der Waals surface area contributed by atoms with E-state index in [9.17, 15) is 0 Å². The standard InChI is InChI=1S/C28H33N7/c1-4-34(5-2)13-11-30-24-7-6-21-8-12-35(18-23(21)15-24)28-25-16-22(26-17-29-9-10-31-26)14-20(3)27(25)32-19-33-28/h6-7,9-10,14-17,19,30H,4-5,8,11-13,18H2,1-3H3. The van der Waals surface area contributed by atoms with E-state index >= 15 is 0 Å². The lowest BCUT2D eigenvalue weighted by molar-refractivity contribution is 0.316. The summed E-state index contributed by atoms with van der Waals surface area (Å²) in [6, 6.07) is 11.1. The van der Waals surface area contributed by atoms with Crippen molar-refractivity contribution >= 4 is 22.4 Å². The molecule has 0 fully saturated rings. The van der Waals surface area contributed by atoms with Crippen LogP contribution in [0.25, 0.3) is 22.2 Å². The van der Waals surface area contributed by atoms with E-state index in [0.717, 1.165) is 79.2 Å². The predicted molar refractivity (Wildman–Crippen MR) is 143 cm³/mol. The molecular formula is C28H33N7. The lowest BCUT2D eigenvalue weighted by Crippen LogP contribution is -2.31. The summed E-state index contributed by atoms with van der Waals surface area (Å²) >= 11 is 0. The van der Waals surface area contributed by atoms with E-state index in [1.165, 1.54) is 16.8 Å². The molecule has 0 saturated heterocycles. The summed E-state index contributed by atoms with van der Waals surface area (Å²) in [7, 11) is 0. The molecule has 0 bridgehead atoms. The number of benzene rings is 2. The predicted octanol–water partition coefficient (Wildman–Crippen LogP) is 4.71. The van der Waals surface area contributed by atoms with E-state index in [1.807, 2.05) is 0 Å². The Labute approximate surface area is 207 Å². The van der Waals surface area contributed by atoms with Gasteiger partial charge in [0.2, 0.25) is 0 Å². The number of aryl methyl sites for hydroxylation is 1. The first kappa shape index (κ1) is 23.2. The van der Waals surface area contributed by atoms with Gasteiger partial charge in [0.15, 0.2) is 0 Å². The van der Waals surface area contributed by atoms with E-state index in [2.05, 4.69) is 81.2 Å². The van der Waals surface area contributed by atoms with Gasteiger partial charge in [-0.3, -0.25) is 9.97 Å². The van der Waals surface area contributed by atoms with Gasteiger partial charge in [-0.05, 0) is 67.4 Å². The van der Waals surface area contributed by atoms with Crippen LogP contribution < -0.4 is 10.2 Å². The molecule has 2 aromatic heterocycles. The molecule has 3 heterocycles. The summed E-state index contributed by atoms with van der Waals surface area (Å²) in [5.74, 6) is 0.981. The second-order valence-electron chi connectivity index (χ2n) is 9.09. The summed E-state index contributed by atoms with van der Waals surface area (Å²) in [5.41, 5.74) is 7.96. The van der Waals surface area contributed by atoms with Crippen LogP contribution in [0.1, 0.15) is 30.5 Å². The highest BCUT2D eigenvalue weighted by atomic mass is 15.2. The molecule has 0 saturated carbocycles. The SMILES string of the molecule is CCN(CC)CCNc1ccc2c(c1)CN(c1ncnc3c(C)cc(-c4cnccn4)cc13)CC2. The van der Waals surface area contributed by atoms with Gasteiger partial charge in [0.1, 0.15) is 12.1 Å². The van der Waals surface area contributed by atoms with Crippen LogP contribution in [0.3, 0.4) is 0 Å². The van der Waals surface area contributed by atoms with Crippen LogP contribution in [0.4, 0.5) is 11.5 Å². The first-order valence-corrected chi connectivity index (χ1v) is 12.5. The fraction of sp³-hybridized carbons (Fsp3) is 0.357. The average molecular weight is 468 g/mol. The third-order valence-corrected chi connectivity index (χ3v) is 6.94. The number of hydrogen-bond acceptors (Lipinski definition) is 7. The van der Waals surface area contributed by atoms with E-state index in [4.69, 9.17) is 4.98 Å². The van der Waals surface area contributed by atoms with Gasteiger partial charge in [0, 0.05) is 55.2 Å². The van der Waals surface area contributed by atoms with Crippen LogP contribution in [-0.2, 0) is 13.0 Å². The lowest BCUT2D eigenvalue weighted by Gasteiger charge is -2.31. The fourth-order valence-corrected chi connectivity index (χ4v) is 4.93. The molecule has 5 rings (SSSR count). The largest absolute Gasteiger partial charge is 0.384 e. The Morgan fingerprint density at radius 2 is 1.89 bits per heavy atom. The van der Waals surface area contributed by atoms with Gasteiger partial charge in [0.25, 0.3) is 0 Å². The minimum atomic E-state index is 0.835. The molecule has 35 heavy (non-hydrogen) atoms. The number of anilines is 2. The lowest BCUT2D eigenvalue weighted by atomic mass is 9.98. The van der Waals surface area contributed by atoms with Gasteiger partial charge in [0.05, 0.1) is 17.4 Å². The third kappa shape index (κ3) is 4.95. The van der Waals surface area contributed by atoms with Crippen molar-refractivity contribution in [3.05, 3.63) is 71.9 Å².